The van der Waals surface area contributed by atoms with Crippen LogP contribution in [0.2, 0.25) is 0 Å². The summed E-state index contributed by atoms with van der Waals surface area (Å²) in [6.07, 6.45) is 2.59. The lowest BCUT2D eigenvalue weighted by Gasteiger charge is -2.17. The van der Waals surface area contributed by atoms with E-state index in [4.69, 9.17) is 9.47 Å². The number of aromatic hydroxyl groups is 1. The number of nitro groups is 1. The van der Waals surface area contributed by atoms with Crippen LogP contribution in [0.5, 0.6) is 17.2 Å². The average molecular weight is 370 g/mol. The maximum atomic E-state index is 12.4. The first-order valence-corrected chi connectivity index (χ1v) is 7.73. The maximum absolute atomic E-state index is 12.4. The van der Waals surface area contributed by atoms with Gasteiger partial charge >= 0.3 is 5.69 Å². The number of phenols is 1. The van der Waals surface area contributed by atoms with Crippen LogP contribution in [-0.2, 0) is 4.79 Å². The molecule has 9 heteroatoms. The zero-order valence-electron chi connectivity index (χ0n) is 14.1. The fourth-order valence-corrected chi connectivity index (χ4v) is 2.51. The quantitative estimate of drug-likeness (QED) is 0.358. The van der Waals surface area contributed by atoms with Gasteiger partial charge in [0.05, 0.1) is 17.7 Å². The number of nitrogens with zero attached hydrogens (tertiary/aromatic N) is 1. The highest BCUT2D eigenvalue weighted by Gasteiger charge is 2.20. The van der Waals surface area contributed by atoms with E-state index in [9.17, 15) is 24.8 Å². The number of allylic oxidation sites excluding steroid dienone is 1. The largest absolute Gasteiger partial charge is 0.500 e. The van der Waals surface area contributed by atoms with Crippen molar-refractivity contribution in [3.05, 3.63) is 57.6 Å². The number of phenolic OH excluding ortho intramolecular Hbond substituents is 1. The highest BCUT2D eigenvalue weighted by molar-refractivity contribution is 6.08. The Kier molecular flexibility index (Phi) is 4.75. The molecule has 9 nitrogen and oxygen atoms in total. The molecule has 1 amide bonds. The Morgan fingerprint density at radius 3 is 2.85 bits per heavy atom. The van der Waals surface area contributed by atoms with Crippen molar-refractivity contribution in [1.29, 1.82) is 0 Å². The number of carbonyl (C=O) groups is 2. The van der Waals surface area contributed by atoms with Crippen LogP contribution >= 0.6 is 0 Å². The minimum atomic E-state index is -0.747. The van der Waals surface area contributed by atoms with E-state index < -0.39 is 16.4 Å². The molecule has 0 radical (unpaired) electrons. The molecule has 0 saturated heterocycles. The van der Waals surface area contributed by atoms with Crippen molar-refractivity contribution in [2.75, 3.05) is 19.0 Å². The van der Waals surface area contributed by atoms with E-state index in [1.807, 2.05) is 0 Å². The molecular formula is C18H14N2O7. The number of carbonyl (C=O) groups excluding carboxylic acids is 2. The molecule has 0 fully saturated rings. The molecule has 27 heavy (non-hydrogen) atoms. The van der Waals surface area contributed by atoms with Crippen LogP contribution < -0.4 is 14.8 Å². The van der Waals surface area contributed by atoms with E-state index >= 15 is 0 Å². The number of benzene rings is 2. The predicted molar refractivity (Wildman–Crippen MR) is 95.2 cm³/mol. The van der Waals surface area contributed by atoms with E-state index in [1.165, 1.54) is 31.4 Å². The van der Waals surface area contributed by atoms with Gasteiger partial charge in [-0.25, -0.2) is 0 Å². The number of nitrogens with one attached hydrogen (secondary N) is 1. The first kappa shape index (κ1) is 17.9. The number of anilines is 1. The first-order valence-electron chi connectivity index (χ1n) is 7.73. The van der Waals surface area contributed by atoms with Crippen LogP contribution in [0, 0.1) is 10.1 Å². The van der Waals surface area contributed by atoms with Gasteiger partial charge in [0.1, 0.15) is 5.75 Å². The normalized spacial score (nSPS) is 12.9. The van der Waals surface area contributed by atoms with E-state index in [1.54, 1.807) is 12.1 Å². The lowest BCUT2D eigenvalue weighted by atomic mass is 10.1. The summed E-state index contributed by atoms with van der Waals surface area (Å²) in [6.45, 7) is -0.0817. The standard InChI is InChI=1S/C18H14N2O7/c1-26-16-7-10(6-13(18(16)23)20(24)25)2-4-14(21)11-3-5-15-12(8-11)19-17(22)9-27-15/h2-8,23H,9H2,1H3,(H,19,22). The highest BCUT2D eigenvalue weighted by Crippen LogP contribution is 2.37. The van der Waals surface area contributed by atoms with Crippen LogP contribution in [0.3, 0.4) is 0 Å². The van der Waals surface area contributed by atoms with Crippen LogP contribution in [0.25, 0.3) is 6.08 Å². The molecule has 3 rings (SSSR count). The van der Waals surface area contributed by atoms with Gasteiger partial charge in [0.25, 0.3) is 5.91 Å². The molecule has 1 heterocycles. The van der Waals surface area contributed by atoms with Gasteiger partial charge in [-0.05, 0) is 35.9 Å². The van der Waals surface area contributed by atoms with Crippen molar-refractivity contribution in [3.8, 4) is 17.2 Å². The summed E-state index contributed by atoms with van der Waals surface area (Å²) in [5.41, 5.74) is 0.470. The number of amides is 1. The predicted octanol–water partition coefficient (Wildman–Crippen LogP) is 2.54. The topological polar surface area (TPSA) is 128 Å². The second kappa shape index (κ2) is 7.16. The summed E-state index contributed by atoms with van der Waals surface area (Å²) in [6, 6.07) is 7.10. The maximum Gasteiger partial charge on any atom is 0.315 e. The van der Waals surface area contributed by atoms with Gasteiger partial charge in [-0.2, -0.15) is 0 Å². The van der Waals surface area contributed by atoms with Gasteiger partial charge in [0.2, 0.25) is 5.75 Å². The molecule has 0 aromatic heterocycles. The fraction of sp³-hybridized carbons (Fsp3) is 0.111. The third-order valence-corrected chi connectivity index (χ3v) is 3.82. The fourth-order valence-electron chi connectivity index (χ4n) is 2.51. The van der Waals surface area contributed by atoms with Crippen molar-refractivity contribution in [2.24, 2.45) is 0 Å². The third kappa shape index (κ3) is 3.71. The van der Waals surface area contributed by atoms with Crippen molar-refractivity contribution in [1.82, 2.24) is 0 Å². The lowest BCUT2D eigenvalue weighted by Crippen LogP contribution is -2.25. The van der Waals surface area contributed by atoms with Crippen molar-refractivity contribution < 1.29 is 29.1 Å². The van der Waals surface area contributed by atoms with Gasteiger partial charge in [0, 0.05) is 11.6 Å². The molecule has 2 aromatic carbocycles. The highest BCUT2D eigenvalue weighted by atomic mass is 16.6. The molecule has 2 aromatic rings. The Morgan fingerprint density at radius 2 is 2.15 bits per heavy atom. The second-order valence-corrected chi connectivity index (χ2v) is 5.59. The molecule has 138 valence electrons. The lowest BCUT2D eigenvalue weighted by molar-refractivity contribution is -0.386. The number of nitro benzene ring substituents is 1. The Hall–Kier alpha value is -3.88. The summed E-state index contributed by atoms with van der Waals surface area (Å²) in [5.74, 6) is -0.895. The molecule has 0 bridgehead atoms. The number of ether oxygens (including phenoxy) is 2. The molecule has 2 N–H and O–H groups in total. The van der Waals surface area contributed by atoms with Gasteiger partial charge < -0.3 is 19.9 Å². The minimum absolute atomic E-state index is 0.0788. The van der Waals surface area contributed by atoms with Crippen molar-refractivity contribution in [2.45, 2.75) is 0 Å². The number of hydrogen-bond acceptors (Lipinski definition) is 7. The molecule has 0 saturated carbocycles. The van der Waals surface area contributed by atoms with Crippen LogP contribution in [-0.4, -0.2) is 35.4 Å². The van der Waals surface area contributed by atoms with Crippen LogP contribution in [0.15, 0.2) is 36.4 Å². The molecule has 1 aliphatic heterocycles. The number of ketones is 1. The second-order valence-electron chi connectivity index (χ2n) is 5.59. The smallest absolute Gasteiger partial charge is 0.315 e. The number of rotatable bonds is 5. The monoisotopic (exact) mass is 370 g/mol. The zero-order chi connectivity index (χ0) is 19.6. The SMILES string of the molecule is COc1cc(C=CC(=O)c2ccc3c(c2)NC(=O)CO3)cc([N+](=O)[O-])c1O. The summed E-state index contributed by atoms with van der Waals surface area (Å²) in [7, 11) is 1.26. The van der Waals surface area contributed by atoms with E-state index in [0.717, 1.165) is 6.07 Å². The van der Waals surface area contributed by atoms with Gasteiger partial charge in [0.15, 0.2) is 18.1 Å². The first-order chi connectivity index (χ1) is 12.9. The molecule has 0 unspecified atom stereocenters. The van der Waals surface area contributed by atoms with Gasteiger partial charge in [-0.15, -0.1) is 0 Å². The van der Waals surface area contributed by atoms with E-state index in [-0.39, 0.29) is 24.0 Å². The molecule has 0 aliphatic carbocycles. The van der Waals surface area contributed by atoms with Crippen LogP contribution in [0.1, 0.15) is 15.9 Å². The summed E-state index contributed by atoms with van der Waals surface area (Å²) >= 11 is 0. The van der Waals surface area contributed by atoms with Gasteiger partial charge in [-0.3, -0.25) is 19.7 Å². The molecular weight excluding hydrogens is 356 g/mol. The molecule has 0 spiro atoms. The van der Waals surface area contributed by atoms with Crippen LogP contribution in [0.4, 0.5) is 11.4 Å². The summed E-state index contributed by atoms with van der Waals surface area (Å²) in [4.78, 5) is 34.0. The van der Waals surface area contributed by atoms with Crippen molar-refractivity contribution >= 4 is 29.1 Å². The third-order valence-electron chi connectivity index (χ3n) is 3.82. The van der Waals surface area contributed by atoms with Crippen molar-refractivity contribution in [3.63, 3.8) is 0 Å². The van der Waals surface area contributed by atoms with Gasteiger partial charge in [-0.1, -0.05) is 6.08 Å². The Morgan fingerprint density at radius 1 is 1.37 bits per heavy atom. The number of fused-ring (bicyclic) bond motifs is 1. The summed E-state index contributed by atoms with van der Waals surface area (Å²) < 4.78 is 10.1. The Bertz CT molecular complexity index is 982. The Labute approximate surface area is 153 Å². The molecule has 1 aliphatic rings. The summed E-state index contributed by atoms with van der Waals surface area (Å²) in [5, 5.41) is 23.4. The Balaban J connectivity index is 1.87. The number of hydrogen-bond donors (Lipinski definition) is 2. The molecule has 0 atom stereocenters. The average Bonchev–Trinajstić information content (AvgIpc) is 2.65. The number of methoxy groups -OCH3 is 1. The van der Waals surface area contributed by atoms with E-state index in [0.29, 0.717) is 22.6 Å². The zero-order valence-corrected chi connectivity index (χ0v) is 14.1. The van der Waals surface area contributed by atoms with E-state index in [2.05, 4.69) is 5.32 Å². The minimum Gasteiger partial charge on any atom is -0.500 e.